The van der Waals surface area contributed by atoms with Gasteiger partial charge in [-0.05, 0) is 48.5 Å². The highest BCUT2D eigenvalue weighted by Crippen LogP contribution is 2.20. The van der Waals surface area contributed by atoms with Crippen LogP contribution in [0.3, 0.4) is 0 Å². The molecule has 4 nitrogen and oxygen atoms in total. The molecule has 0 atom stereocenters. The van der Waals surface area contributed by atoms with Crippen LogP contribution in [-0.4, -0.2) is 5.91 Å². The predicted octanol–water partition coefficient (Wildman–Crippen LogP) is 5.63. The van der Waals surface area contributed by atoms with Crippen molar-refractivity contribution in [3.05, 3.63) is 90.0 Å². The smallest absolute Gasteiger partial charge is 0.258 e. The first kappa shape index (κ1) is 16.4. The van der Waals surface area contributed by atoms with E-state index in [9.17, 15) is 13.6 Å². The first-order chi connectivity index (χ1) is 12.1. The molecule has 3 aromatic carbocycles. The van der Waals surface area contributed by atoms with Crippen molar-refractivity contribution in [3.8, 4) is 0 Å². The zero-order chi connectivity index (χ0) is 17.6. The maximum atomic E-state index is 13.6. The Kier molecular flexibility index (Phi) is 4.89. The van der Waals surface area contributed by atoms with Crippen LogP contribution in [-0.2, 0) is 0 Å². The Bertz CT molecular complexity index is 910. The van der Waals surface area contributed by atoms with Gasteiger partial charge in [0, 0.05) is 11.8 Å². The molecular weight excluding hydrogens is 324 g/mol. The molecule has 0 fully saturated rings. The van der Waals surface area contributed by atoms with Crippen LogP contribution in [0.25, 0.3) is 0 Å². The number of hydrogen-bond acceptors (Lipinski definition) is 3. The number of nitrogens with zero attached hydrogens (tertiary/aromatic N) is 2. The van der Waals surface area contributed by atoms with E-state index in [0.29, 0.717) is 17.4 Å². The fraction of sp³-hybridized carbons (Fsp3) is 0. The molecular formula is C19H13F2N3O. The quantitative estimate of drug-likeness (QED) is 0.616. The van der Waals surface area contributed by atoms with Crippen LogP contribution in [0.1, 0.15) is 10.4 Å². The van der Waals surface area contributed by atoms with E-state index in [4.69, 9.17) is 0 Å². The number of amides is 1. The number of halogens is 2. The van der Waals surface area contributed by atoms with Gasteiger partial charge in [-0.3, -0.25) is 4.79 Å². The minimum Gasteiger partial charge on any atom is -0.322 e. The van der Waals surface area contributed by atoms with Crippen LogP contribution in [0, 0.1) is 11.6 Å². The van der Waals surface area contributed by atoms with Gasteiger partial charge in [-0.15, -0.1) is 0 Å². The Balaban J connectivity index is 1.68. The lowest BCUT2D eigenvalue weighted by Gasteiger charge is -2.06. The fourth-order valence-corrected chi connectivity index (χ4v) is 2.09. The third kappa shape index (κ3) is 4.32. The van der Waals surface area contributed by atoms with Crippen molar-refractivity contribution in [1.82, 2.24) is 0 Å². The maximum Gasteiger partial charge on any atom is 0.258 e. The van der Waals surface area contributed by atoms with E-state index in [2.05, 4.69) is 15.5 Å². The van der Waals surface area contributed by atoms with Crippen LogP contribution in [0.2, 0.25) is 0 Å². The first-order valence-electron chi connectivity index (χ1n) is 7.45. The number of carbonyl (C=O) groups excluding carboxylic acids is 1. The summed E-state index contributed by atoms with van der Waals surface area (Å²) in [6.07, 6.45) is 0. The predicted molar refractivity (Wildman–Crippen MR) is 91.4 cm³/mol. The summed E-state index contributed by atoms with van der Waals surface area (Å²) in [4.78, 5) is 12.0. The van der Waals surface area contributed by atoms with Crippen molar-refractivity contribution in [2.45, 2.75) is 0 Å². The number of nitrogens with one attached hydrogen (secondary N) is 1. The standard InChI is InChI=1S/C19H13F2N3O/c20-13-6-11-17(18(21)12-13)19(25)22-14-7-9-16(10-8-14)24-23-15-4-2-1-3-5-15/h1-12H,(H,22,25). The van der Waals surface area contributed by atoms with E-state index < -0.39 is 17.5 Å². The second kappa shape index (κ2) is 7.44. The molecule has 0 spiro atoms. The van der Waals surface area contributed by atoms with Gasteiger partial charge in [0.1, 0.15) is 11.6 Å². The lowest BCUT2D eigenvalue weighted by Crippen LogP contribution is -2.13. The van der Waals surface area contributed by atoms with E-state index in [1.54, 1.807) is 24.3 Å². The average Bonchev–Trinajstić information content (AvgIpc) is 2.62. The monoisotopic (exact) mass is 337 g/mol. The highest BCUT2D eigenvalue weighted by Gasteiger charge is 2.12. The van der Waals surface area contributed by atoms with Crippen molar-refractivity contribution < 1.29 is 13.6 Å². The summed E-state index contributed by atoms with van der Waals surface area (Å²) in [6.45, 7) is 0. The third-order valence-corrected chi connectivity index (χ3v) is 3.34. The normalized spacial score (nSPS) is 10.8. The van der Waals surface area contributed by atoms with Crippen molar-refractivity contribution in [3.63, 3.8) is 0 Å². The molecule has 0 saturated heterocycles. The summed E-state index contributed by atoms with van der Waals surface area (Å²) < 4.78 is 26.5. The average molecular weight is 337 g/mol. The molecule has 0 aromatic heterocycles. The zero-order valence-electron chi connectivity index (χ0n) is 13.0. The summed E-state index contributed by atoms with van der Waals surface area (Å²) in [5, 5.41) is 10.7. The van der Waals surface area contributed by atoms with Crippen LogP contribution in [0.5, 0.6) is 0 Å². The van der Waals surface area contributed by atoms with Gasteiger partial charge in [-0.1, -0.05) is 18.2 Å². The molecule has 0 unspecified atom stereocenters. The summed E-state index contributed by atoms with van der Waals surface area (Å²) >= 11 is 0. The van der Waals surface area contributed by atoms with E-state index >= 15 is 0 Å². The van der Waals surface area contributed by atoms with Gasteiger partial charge in [0.05, 0.1) is 16.9 Å². The Morgan fingerprint density at radius 2 is 1.44 bits per heavy atom. The molecule has 6 heteroatoms. The molecule has 3 aromatic rings. The summed E-state index contributed by atoms with van der Waals surface area (Å²) in [7, 11) is 0. The summed E-state index contributed by atoms with van der Waals surface area (Å²) in [5.74, 6) is -2.30. The molecule has 124 valence electrons. The van der Waals surface area contributed by atoms with Gasteiger partial charge in [0.2, 0.25) is 0 Å². The molecule has 0 aliphatic heterocycles. The van der Waals surface area contributed by atoms with Gasteiger partial charge in [0.25, 0.3) is 5.91 Å². The third-order valence-electron chi connectivity index (χ3n) is 3.34. The first-order valence-corrected chi connectivity index (χ1v) is 7.45. The number of anilines is 1. The molecule has 0 saturated carbocycles. The van der Waals surface area contributed by atoms with Crippen molar-refractivity contribution in [2.24, 2.45) is 10.2 Å². The van der Waals surface area contributed by atoms with E-state index in [1.165, 1.54) is 0 Å². The number of hydrogen-bond donors (Lipinski definition) is 1. The highest BCUT2D eigenvalue weighted by atomic mass is 19.1. The molecule has 25 heavy (non-hydrogen) atoms. The van der Waals surface area contributed by atoms with Crippen molar-refractivity contribution in [2.75, 3.05) is 5.32 Å². The lowest BCUT2D eigenvalue weighted by atomic mass is 10.2. The van der Waals surface area contributed by atoms with Gasteiger partial charge >= 0.3 is 0 Å². The minimum absolute atomic E-state index is 0.228. The highest BCUT2D eigenvalue weighted by molar-refractivity contribution is 6.04. The van der Waals surface area contributed by atoms with E-state index in [-0.39, 0.29) is 5.56 Å². The molecule has 0 radical (unpaired) electrons. The fourth-order valence-electron chi connectivity index (χ4n) is 2.09. The minimum atomic E-state index is -0.911. The Morgan fingerprint density at radius 3 is 2.08 bits per heavy atom. The van der Waals surface area contributed by atoms with Crippen LogP contribution >= 0.6 is 0 Å². The van der Waals surface area contributed by atoms with E-state index in [1.807, 2.05) is 30.3 Å². The SMILES string of the molecule is O=C(Nc1ccc(N=Nc2ccccc2)cc1)c1ccc(F)cc1F. The van der Waals surface area contributed by atoms with Gasteiger partial charge in [-0.2, -0.15) is 10.2 Å². The molecule has 1 amide bonds. The van der Waals surface area contributed by atoms with Crippen molar-refractivity contribution >= 4 is 23.0 Å². The van der Waals surface area contributed by atoms with Gasteiger partial charge in [-0.25, -0.2) is 8.78 Å². The Hall–Kier alpha value is -3.41. The van der Waals surface area contributed by atoms with Crippen molar-refractivity contribution in [1.29, 1.82) is 0 Å². The molecule has 0 bridgehead atoms. The molecule has 0 aliphatic rings. The largest absolute Gasteiger partial charge is 0.322 e. The van der Waals surface area contributed by atoms with E-state index in [0.717, 1.165) is 17.8 Å². The Labute approximate surface area is 142 Å². The number of benzene rings is 3. The second-order valence-electron chi connectivity index (χ2n) is 5.16. The van der Waals surface area contributed by atoms with Crippen LogP contribution in [0.15, 0.2) is 83.0 Å². The molecule has 0 heterocycles. The summed E-state index contributed by atoms with van der Waals surface area (Å²) in [6, 6.07) is 18.7. The molecule has 1 N–H and O–H groups in total. The second-order valence-corrected chi connectivity index (χ2v) is 5.16. The van der Waals surface area contributed by atoms with Crippen LogP contribution < -0.4 is 5.32 Å². The number of carbonyl (C=O) groups is 1. The maximum absolute atomic E-state index is 13.6. The summed E-state index contributed by atoms with van der Waals surface area (Å²) in [5.41, 5.74) is 1.57. The number of azo groups is 1. The molecule has 3 rings (SSSR count). The zero-order valence-corrected chi connectivity index (χ0v) is 13.0. The Morgan fingerprint density at radius 1 is 0.800 bits per heavy atom. The topological polar surface area (TPSA) is 53.8 Å². The lowest BCUT2D eigenvalue weighted by molar-refractivity contribution is 0.102. The number of rotatable bonds is 4. The van der Waals surface area contributed by atoms with Gasteiger partial charge in [0.15, 0.2) is 0 Å². The van der Waals surface area contributed by atoms with Gasteiger partial charge < -0.3 is 5.32 Å². The molecule has 0 aliphatic carbocycles. The van der Waals surface area contributed by atoms with Crippen LogP contribution in [0.4, 0.5) is 25.8 Å².